The maximum Gasteiger partial charge on any atom is 0.272 e. The monoisotopic (exact) mass is 403 g/mol. The minimum atomic E-state index is -0.0783. The number of fused-ring (bicyclic) bond motifs is 2. The van der Waals surface area contributed by atoms with Gasteiger partial charge >= 0.3 is 0 Å². The third-order valence-corrected chi connectivity index (χ3v) is 5.56. The minimum absolute atomic E-state index is 0.0424. The Morgan fingerprint density at radius 1 is 1.00 bits per heavy atom. The van der Waals surface area contributed by atoms with Crippen LogP contribution in [-0.2, 0) is 4.79 Å². The summed E-state index contributed by atoms with van der Waals surface area (Å²) in [6, 6.07) is 9.75. The Bertz CT molecular complexity index is 1280. The molecule has 0 atom stereocenters. The summed E-state index contributed by atoms with van der Waals surface area (Å²) in [5.74, 6) is 0.594. The summed E-state index contributed by atoms with van der Waals surface area (Å²) in [7, 11) is 0. The Balaban J connectivity index is 1.47. The highest BCUT2D eigenvalue weighted by Gasteiger charge is 2.25. The van der Waals surface area contributed by atoms with Crippen molar-refractivity contribution in [3.05, 3.63) is 54.3 Å². The molecule has 0 unspecified atom stereocenters. The summed E-state index contributed by atoms with van der Waals surface area (Å²) in [5.41, 5.74) is 4.72. The highest BCUT2D eigenvalue weighted by Crippen LogP contribution is 2.26. The molecule has 0 spiro atoms. The molecule has 1 aliphatic rings. The molecule has 5 rings (SSSR count). The molecule has 4 aromatic rings. The molecule has 1 aromatic carbocycles. The van der Waals surface area contributed by atoms with Gasteiger partial charge in [-0.1, -0.05) is 6.07 Å². The van der Waals surface area contributed by atoms with E-state index < -0.39 is 0 Å². The minimum Gasteiger partial charge on any atom is -0.441 e. The number of hydrogen-bond donors (Lipinski definition) is 0. The zero-order valence-corrected chi connectivity index (χ0v) is 16.8. The quantitative estimate of drug-likeness (QED) is 0.514. The lowest BCUT2D eigenvalue weighted by atomic mass is 10.1. The third-order valence-electron chi connectivity index (χ3n) is 5.56. The first-order chi connectivity index (χ1) is 14.5. The summed E-state index contributed by atoms with van der Waals surface area (Å²) >= 11 is 0. The van der Waals surface area contributed by atoms with Crippen LogP contribution in [0.1, 0.15) is 23.3 Å². The lowest BCUT2D eigenvalue weighted by Crippen LogP contribution is -2.50. The topological polar surface area (TPSA) is 84.0 Å². The van der Waals surface area contributed by atoms with Crippen LogP contribution in [0.5, 0.6) is 0 Å². The van der Waals surface area contributed by atoms with Gasteiger partial charge in [-0.2, -0.15) is 0 Å². The molecule has 30 heavy (non-hydrogen) atoms. The molecular weight excluding hydrogens is 382 g/mol. The van der Waals surface area contributed by atoms with Crippen LogP contribution in [0.25, 0.3) is 27.9 Å². The molecule has 3 aromatic heterocycles. The zero-order valence-electron chi connectivity index (χ0n) is 16.8. The van der Waals surface area contributed by atoms with Gasteiger partial charge in [0.25, 0.3) is 5.91 Å². The fraction of sp³-hybridized carbons (Fsp3) is 0.273. The van der Waals surface area contributed by atoms with Crippen molar-refractivity contribution in [1.82, 2.24) is 24.2 Å². The molecule has 1 aliphatic heterocycles. The number of pyridine rings is 1. The number of rotatable bonds is 2. The van der Waals surface area contributed by atoms with Crippen molar-refractivity contribution in [2.75, 3.05) is 26.2 Å². The van der Waals surface area contributed by atoms with E-state index in [1.54, 1.807) is 22.9 Å². The molecule has 1 saturated heterocycles. The second kappa shape index (κ2) is 6.98. The van der Waals surface area contributed by atoms with Gasteiger partial charge < -0.3 is 14.2 Å². The lowest BCUT2D eigenvalue weighted by Gasteiger charge is -2.34. The van der Waals surface area contributed by atoms with Gasteiger partial charge in [0.1, 0.15) is 16.9 Å². The number of piperazine rings is 1. The highest BCUT2D eigenvalue weighted by molar-refractivity contribution is 5.93. The van der Waals surface area contributed by atoms with E-state index in [2.05, 4.69) is 9.97 Å². The fourth-order valence-electron chi connectivity index (χ4n) is 3.92. The largest absolute Gasteiger partial charge is 0.441 e. The molecule has 0 aliphatic carbocycles. The summed E-state index contributed by atoms with van der Waals surface area (Å²) in [4.78, 5) is 37.0. The van der Waals surface area contributed by atoms with E-state index in [1.165, 1.54) is 0 Å². The first-order valence-electron chi connectivity index (χ1n) is 9.89. The van der Waals surface area contributed by atoms with Gasteiger partial charge in [-0.15, -0.1) is 0 Å². The smallest absolute Gasteiger partial charge is 0.272 e. The van der Waals surface area contributed by atoms with Crippen molar-refractivity contribution in [3.63, 3.8) is 0 Å². The number of amides is 2. The number of carbonyl (C=O) groups excluding carboxylic acids is 2. The number of hydrogen-bond acceptors (Lipinski definition) is 5. The molecule has 2 amide bonds. The van der Waals surface area contributed by atoms with Gasteiger partial charge in [-0.3, -0.25) is 14.0 Å². The molecular formula is C22H21N5O3. The van der Waals surface area contributed by atoms with Crippen LogP contribution in [0, 0.1) is 6.92 Å². The number of benzene rings is 1. The highest BCUT2D eigenvalue weighted by atomic mass is 16.3. The molecule has 0 bridgehead atoms. The maximum absolute atomic E-state index is 13.1. The second-order valence-electron chi connectivity index (χ2n) is 7.50. The van der Waals surface area contributed by atoms with E-state index >= 15 is 0 Å². The van der Waals surface area contributed by atoms with Gasteiger partial charge in [0, 0.05) is 46.2 Å². The fourth-order valence-corrected chi connectivity index (χ4v) is 3.92. The van der Waals surface area contributed by atoms with Gasteiger partial charge in [0.05, 0.1) is 6.20 Å². The summed E-state index contributed by atoms with van der Waals surface area (Å²) in [6.45, 7) is 5.54. The average molecular weight is 403 g/mol. The van der Waals surface area contributed by atoms with Crippen molar-refractivity contribution < 1.29 is 14.0 Å². The third kappa shape index (κ3) is 3.10. The Kier molecular flexibility index (Phi) is 4.27. The predicted molar refractivity (Wildman–Crippen MR) is 111 cm³/mol. The summed E-state index contributed by atoms with van der Waals surface area (Å²) in [5, 5.41) is 0. The van der Waals surface area contributed by atoms with E-state index in [0.717, 1.165) is 22.2 Å². The van der Waals surface area contributed by atoms with Crippen LogP contribution in [0.4, 0.5) is 0 Å². The maximum atomic E-state index is 13.1. The summed E-state index contributed by atoms with van der Waals surface area (Å²) < 4.78 is 7.38. The summed E-state index contributed by atoms with van der Waals surface area (Å²) in [6.07, 6.45) is 3.54. The van der Waals surface area contributed by atoms with E-state index in [-0.39, 0.29) is 11.8 Å². The van der Waals surface area contributed by atoms with E-state index in [4.69, 9.17) is 4.42 Å². The van der Waals surface area contributed by atoms with Crippen LogP contribution in [-0.4, -0.2) is 62.2 Å². The number of aromatic nitrogens is 3. The van der Waals surface area contributed by atoms with Crippen molar-refractivity contribution in [1.29, 1.82) is 0 Å². The van der Waals surface area contributed by atoms with Gasteiger partial charge in [-0.05, 0) is 35.4 Å². The van der Waals surface area contributed by atoms with Crippen molar-refractivity contribution >= 4 is 28.6 Å². The number of carbonyl (C=O) groups is 2. The van der Waals surface area contributed by atoms with Crippen molar-refractivity contribution in [3.8, 4) is 11.1 Å². The van der Waals surface area contributed by atoms with Gasteiger partial charge in [-0.25, -0.2) is 9.97 Å². The molecule has 4 heterocycles. The Morgan fingerprint density at radius 2 is 1.73 bits per heavy atom. The first-order valence-corrected chi connectivity index (χ1v) is 9.89. The Hall–Kier alpha value is -3.68. The zero-order chi connectivity index (χ0) is 20.8. The second-order valence-corrected chi connectivity index (χ2v) is 7.50. The average Bonchev–Trinajstić information content (AvgIpc) is 3.34. The van der Waals surface area contributed by atoms with Crippen molar-refractivity contribution in [2.45, 2.75) is 13.8 Å². The lowest BCUT2D eigenvalue weighted by molar-refractivity contribution is -0.130. The normalized spacial score (nSPS) is 14.6. The first kappa shape index (κ1) is 18.4. The van der Waals surface area contributed by atoms with Crippen LogP contribution in [0.15, 0.2) is 47.1 Å². The number of oxazole rings is 1. The van der Waals surface area contributed by atoms with Crippen LogP contribution in [0.3, 0.4) is 0 Å². The molecule has 8 heteroatoms. The standard InChI is InChI=1S/C22H21N5O3/c1-14-24-18-11-16(3-5-20(18)30-14)17-4-6-21-23-12-19(27(21)13-17)22(29)26-9-7-25(8-10-26)15(2)28/h3-6,11-13H,7-10H2,1-2H3. The van der Waals surface area contributed by atoms with E-state index in [9.17, 15) is 9.59 Å². The molecule has 0 N–H and O–H groups in total. The number of imidazole rings is 1. The van der Waals surface area contributed by atoms with Crippen molar-refractivity contribution in [2.24, 2.45) is 0 Å². The molecule has 0 radical (unpaired) electrons. The van der Waals surface area contributed by atoms with Crippen LogP contribution < -0.4 is 0 Å². The van der Waals surface area contributed by atoms with E-state index in [0.29, 0.717) is 43.4 Å². The molecule has 8 nitrogen and oxygen atoms in total. The number of nitrogens with zero attached hydrogens (tertiary/aromatic N) is 5. The molecule has 0 saturated carbocycles. The SMILES string of the molecule is CC(=O)N1CCN(C(=O)c2cnc3ccc(-c4ccc5oc(C)nc5c4)cn23)CC1. The number of aryl methyl sites for hydroxylation is 1. The van der Waals surface area contributed by atoms with E-state index in [1.807, 2.05) is 47.9 Å². The predicted octanol–water partition coefficient (Wildman–Crippen LogP) is 2.76. The molecule has 152 valence electrons. The van der Waals surface area contributed by atoms with Gasteiger partial charge in [0.2, 0.25) is 5.91 Å². The Morgan fingerprint density at radius 3 is 2.50 bits per heavy atom. The molecule has 1 fully saturated rings. The Labute approximate surface area is 172 Å². The van der Waals surface area contributed by atoms with Crippen LogP contribution in [0.2, 0.25) is 0 Å². The van der Waals surface area contributed by atoms with Gasteiger partial charge in [0.15, 0.2) is 11.5 Å². The van der Waals surface area contributed by atoms with Crippen LogP contribution >= 0.6 is 0 Å².